The molecular formula is C16H29N3O3. The van der Waals surface area contributed by atoms with Crippen LogP contribution in [0.3, 0.4) is 0 Å². The molecule has 126 valence electrons. The first-order valence-corrected chi connectivity index (χ1v) is 8.10. The van der Waals surface area contributed by atoms with Gasteiger partial charge in [0.25, 0.3) is 0 Å². The summed E-state index contributed by atoms with van der Waals surface area (Å²) in [5.41, 5.74) is -0.702. The molecule has 0 saturated carbocycles. The lowest BCUT2D eigenvalue weighted by Gasteiger charge is -2.44. The van der Waals surface area contributed by atoms with E-state index in [2.05, 4.69) is 24.2 Å². The van der Waals surface area contributed by atoms with Gasteiger partial charge in [0.2, 0.25) is 5.91 Å². The third-order valence-electron chi connectivity index (χ3n) is 4.47. The quantitative estimate of drug-likeness (QED) is 0.841. The lowest BCUT2D eigenvalue weighted by molar-refractivity contribution is -0.133. The molecule has 22 heavy (non-hydrogen) atoms. The second-order valence-corrected chi connectivity index (χ2v) is 7.83. The highest BCUT2D eigenvalue weighted by Crippen LogP contribution is 2.25. The van der Waals surface area contributed by atoms with Crippen LogP contribution in [0.5, 0.6) is 0 Å². The van der Waals surface area contributed by atoms with Crippen molar-refractivity contribution >= 4 is 12.0 Å². The molecule has 1 unspecified atom stereocenters. The summed E-state index contributed by atoms with van der Waals surface area (Å²) in [5, 5.41) is 3.15. The maximum atomic E-state index is 12.5. The Hall–Kier alpha value is -1.30. The third kappa shape index (κ3) is 4.12. The Morgan fingerprint density at radius 1 is 1.18 bits per heavy atom. The number of piperidine rings is 1. The molecule has 0 aromatic carbocycles. The highest BCUT2D eigenvalue weighted by molar-refractivity contribution is 5.87. The molecule has 6 heteroatoms. The zero-order valence-electron chi connectivity index (χ0n) is 14.4. The maximum Gasteiger partial charge on any atom is 0.410 e. The number of amides is 2. The van der Waals surface area contributed by atoms with Gasteiger partial charge < -0.3 is 15.0 Å². The van der Waals surface area contributed by atoms with E-state index in [0.29, 0.717) is 13.0 Å². The van der Waals surface area contributed by atoms with Gasteiger partial charge in [-0.1, -0.05) is 0 Å². The van der Waals surface area contributed by atoms with E-state index in [9.17, 15) is 9.59 Å². The van der Waals surface area contributed by atoms with Gasteiger partial charge in [0.1, 0.15) is 11.6 Å². The van der Waals surface area contributed by atoms with Gasteiger partial charge in [-0.3, -0.25) is 9.69 Å². The fourth-order valence-electron chi connectivity index (χ4n) is 2.82. The molecule has 0 radical (unpaired) electrons. The van der Waals surface area contributed by atoms with Gasteiger partial charge in [-0.2, -0.15) is 0 Å². The highest BCUT2D eigenvalue weighted by Gasteiger charge is 2.42. The fourth-order valence-corrected chi connectivity index (χ4v) is 2.82. The van der Waals surface area contributed by atoms with E-state index in [-0.39, 0.29) is 17.5 Å². The monoisotopic (exact) mass is 311 g/mol. The van der Waals surface area contributed by atoms with E-state index < -0.39 is 11.7 Å². The highest BCUT2D eigenvalue weighted by atomic mass is 16.6. The Bertz CT molecular complexity index is 436. The molecule has 0 aromatic heterocycles. The molecule has 0 spiro atoms. The fraction of sp³-hybridized carbons (Fsp3) is 0.875. The lowest BCUT2D eigenvalue weighted by Crippen LogP contribution is -2.63. The molecule has 2 saturated heterocycles. The summed E-state index contributed by atoms with van der Waals surface area (Å²) >= 11 is 0. The zero-order chi connectivity index (χ0) is 16.5. The minimum Gasteiger partial charge on any atom is -0.444 e. The number of ether oxygens (including phenoxy) is 1. The lowest BCUT2D eigenvalue weighted by atomic mass is 9.89. The van der Waals surface area contributed by atoms with Crippen LogP contribution in [-0.2, 0) is 9.53 Å². The van der Waals surface area contributed by atoms with Crippen molar-refractivity contribution in [3.8, 4) is 0 Å². The summed E-state index contributed by atoms with van der Waals surface area (Å²) in [7, 11) is 2.09. The van der Waals surface area contributed by atoms with Crippen LogP contribution in [0.1, 0.15) is 47.0 Å². The van der Waals surface area contributed by atoms with Gasteiger partial charge in [0, 0.05) is 25.2 Å². The number of likely N-dealkylation sites (tertiary alicyclic amines) is 2. The predicted molar refractivity (Wildman–Crippen MR) is 84.6 cm³/mol. The summed E-state index contributed by atoms with van der Waals surface area (Å²) in [6.45, 7) is 10.1. The number of nitrogens with zero attached hydrogens (tertiary/aromatic N) is 2. The van der Waals surface area contributed by atoms with Gasteiger partial charge in [-0.15, -0.1) is 0 Å². The van der Waals surface area contributed by atoms with E-state index in [1.807, 2.05) is 20.8 Å². The molecule has 2 fully saturated rings. The van der Waals surface area contributed by atoms with Crippen molar-refractivity contribution in [1.29, 1.82) is 0 Å². The van der Waals surface area contributed by atoms with Crippen molar-refractivity contribution in [2.45, 2.75) is 64.1 Å². The van der Waals surface area contributed by atoms with Crippen LogP contribution >= 0.6 is 0 Å². The second-order valence-electron chi connectivity index (χ2n) is 7.83. The number of hydrogen-bond acceptors (Lipinski definition) is 4. The van der Waals surface area contributed by atoms with Crippen LogP contribution < -0.4 is 5.32 Å². The first-order chi connectivity index (χ1) is 10.1. The van der Waals surface area contributed by atoms with E-state index >= 15 is 0 Å². The Balaban J connectivity index is 1.89. The molecule has 2 aliphatic rings. The average molecular weight is 311 g/mol. The molecule has 6 nitrogen and oxygen atoms in total. The van der Waals surface area contributed by atoms with Crippen molar-refractivity contribution < 1.29 is 14.3 Å². The van der Waals surface area contributed by atoms with E-state index in [0.717, 1.165) is 25.9 Å². The molecule has 2 amide bonds. The molecule has 1 N–H and O–H groups in total. The van der Waals surface area contributed by atoms with Crippen molar-refractivity contribution in [3.63, 3.8) is 0 Å². The summed E-state index contributed by atoms with van der Waals surface area (Å²) in [6, 6.07) is -0.383. The molecule has 1 atom stereocenters. The first kappa shape index (κ1) is 17.1. The molecule has 2 rings (SSSR count). The Morgan fingerprint density at radius 2 is 1.77 bits per heavy atom. The maximum absolute atomic E-state index is 12.5. The van der Waals surface area contributed by atoms with Crippen molar-refractivity contribution in [2.75, 3.05) is 26.7 Å². The predicted octanol–water partition coefficient (Wildman–Crippen LogP) is 1.60. The van der Waals surface area contributed by atoms with Gasteiger partial charge in [-0.25, -0.2) is 4.79 Å². The van der Waals surface area contributed by atoms with Gasteiger partial charge >= 0.3 is 6.09 Å². The van der Waals surface area contributed by atoms with E-state index in [1.54, 1.807) is 0 Å². The second kappa shape index (κ2) is 6.07. The third-order valence-corrected chi connectivity index (χ3v) is 4.47. The van der Waals surface area contributed by atoms with Crippen LogP contribution in [0.2, 0.25) is 0 Å². The first-order valence-electron chi connectivity index (χ1n) is 8.10. The largest absolute Gasteiger partial charge is 0.444 e. The number of carbonyl (C=O) groups is 2. The summed E-state index contributed by atoms with van der Waals surface area (Å²) in [5.74, 6) is -0.0517. The molecular weight excluding hydrogens is 282 g/mol. The standard InChI is InChI=1S/C16H29N3O3/c1-15(2,3)22-14(21)19-9-6-12(19)13(20)17-16(4)7-10-18(5)11-8-16/h12H,6-11H2,1-5H3,(H,17,20). The van der Waals surface area contributed by atoms with Crippen molar-refractivity contribution in [3.05, 3.63) is 0 Å². The van der Waals surface area contributed by atoms with Gasteiger partial charge in [0.05, 0.1) is 0 Å². The summed E-state index contributed by atoms with van der Waals surface area (Å²) in [6.07, 6.45) is 2.19. The molecule has 2 heterocycles. The van der Waals surface area contributed by atoms with Crippen LogP contribution in [0.15, 0.2) is 0 Å². The van der Waals surface area contributed by atoms with E-state index in [4.69, 9.17) is 4.74 Å². The topological polar surface area (TPSA) is 61.9 Å². The average Bonchev–Trinajstić information content (AvgIpc) is 2.29. The smallest absolute Gasteiger partial charge is 0.410 e. The Kier molecular flexibility index (Phi) is 4.70. The van der Waals surface area contributed by atoms with Gasteiger partial charge in [0.15, 0.2) is 0 Å². The molecule has 2 aliphatic heterocycles. The normalized spacial score (nSPS) is 25.3. The summed E-state index contributed by atoms with van der Waals surface area (Å²) in [4.78, 5) is 28.4. The van der Waals surface area contributed by atoms with Crippen LogP contribution in [0.25, 0.3) is 0 Å². The van der Waals surface area contributed by atoms with Crippen LogP contribution in [-0.4, -0.2) is 65.7 Å². The van der Waals surface area contributed by atoms with Gasteiger partial charge in [-0.05, 0) is 54.0 Å². The molecule has 0 aliphatic carbocycles. The Labute approximate surface area is 133 Å². The van der Waals surface area contributed by atoms with Crippen molar-refractivity contribution in [1.82, 2.24) is 15.1 Å². The van der Waals surface area contributed by atoms with Crippen LogP contribution in [0.4, 0.5) is 4.79 Å². The summed E-state index contributed by atoms with van der Waals surface area (Å²) < 4.78 is 5.35. The number of rotatable bonds is 2. The Morgan fingerprint density at radius 3 is 2.23 bits per heavy atom. The minimum absolute atomic E-state index is 0.0517. The molecule has 0 aromatic rings. The van der Waals surface area contributed by atoms with E-state index in [1.165, 1.54) is 4.90 Å². The zero-order valence-corrected chi connectivity index (χ0v) is 14.4. The minimum atomic E-state index is -0.534. The number of nitrogens with one attached hydrogen (secondary N) is 1. The molecule has 0 bridgehead atoms. The van der Waals surface area contributed by atoms with Crippen LogP contribution in [0, 0.1) is 0 Å². The number of carbonyl (C=O) groups excluding carboxylic acids is 2. The van der Waals surface area contributed by atoms with Crippen molar-refractivity contribution in [2.24, 2.45) is 0 Å². The SMILES string of the molecule is CN1CCC(C)(NC(=O)C2CCN2C(=O)OC(C)(C)C)CC1. The number of hydrogen-bond donors (Lipinski definition) is 1.